The number of amides is 1. The van der Waals surface area contributed by atoms with Crippen LogP contribution >= 0.6 is 11.6 Å². The number of rotatable bonds is 6. The Morgan fingerprint density at radius 1 is 1.35 bits per heavy atom. The van der Waals surface area contributed by atoms with Gasteiger partial charge >= 0.3 is 0 Å². The topological polar surface area (TPSA) is 41.4 Å². The Balaban J connectivity index is 1.49. The second-order valence-corrected chi connectivity index (χ2v) is 8.01. The fourth-order valence-electron chi connectivity index (χ4n) is 4.29. The van der Waals surface area contributed by atoms with Crippen molar-refractivity contribution in [2.45, 2.75) is 13.5 Å². The van der Waals surface area contributed by atoms with Gasteiger partial charge in [-0.2, -0.15) is 0 Å². The molecule has 0 N–H and O–H groups in total. The Hall–Kier alpha value is -1.85. The number of aryl methyl sites for hydroxylation is 1. The summed E-state index contributed by atoms with van der Waals surface area (Å²) in [6, 6.07) is 7.22. The number of aromatic nitrogens is 2. The first kappa shape index (κ1) is 17.6. The summed E-state index contributed by atoms with van der Waals surface area (Å²) in [5.41, 5.74) is 1.57. The predicted molar refractivity (Wildman–Crippen MR) is 102 cm³/mol. The van der Waals surface area contributed by atoms with E-state index < -0.39 is 0 Å². The smallest absolute Gasteiger partial charge is 0.254 e. The zero-order valence-electron chi connectivity index (χ0n) is 15.3. The van der Waals surface area contributed by atoms with Crippen LogP contribution in [-0.4, -0.2) is 51.4 Å². The van der Waals surface area contributed by atoms with Crippen molar-refractivity contribution in [3.05, 3.63) is 53.1 Å². The summed E-state index contributed by atoms with van der Waals surface area (Å²) in [5, 5.41) is 0.593. The lowest BCUT2D eigenvalue weighted by molar-refractivity contribution is 0.0722. The molecular weight excluding hydrogens is 348 g/mol. The maximum Gasteiger partial charge on any atom is 0.254 e. The minimum absolute atomic E-state index is 0.0375. The molecule has 1 amide bonds. The highest BCUT2D eigenvalue weighted by atomic mass is 35.5. The van der Waals surface area contributed by atoms with E-state index in [1.165, 1.54) is 13.1 Å². The first-order chi connectivity index (χ1) is 12.5. The molecule has 0 spiro atoms. The Morgan fingerprint density at radius 3 is 2.73 bits per heavy atom. The van der Waals surface area contributed by atoms with Gasteiger partial charge in [0.25, 0.3) is 5.91 Å². The summed E-state index contributed by atoms with van der Waals surface area (Å²) in [4.78, 5) is 22.0. The van der Waals surface area contributed by atoms with Crippen LogP contribution in [0.4, 0.5) is 0 Å². The molecule has 2 heterocycles. The van der Waals surface area contributed by atoms with E-state index in [2.05, 4.69) is 16.8 Å². The molecule has 2 unspecified atom stereocenters. The van der Waals surface area contributed by atoms with Gasteiger partial charge in [-0.1, -0.05) is 24.6 Å². The highest BCUT2D eigenvalue weighted by molar-refractivity contribution is 6.30. The first-order valence-corrected chi connectivity index (χ1v) is 9.67. The van der Waals surface area contributed by atoms with Crippen molar-refractivity contribution >= 4 is 17.5 Å². The van der Waals surface area contributed by atoms with Gasteiger partial charge in [0.05, 0.1) is 18.6 Å². The van der Waals surface area contributed by atoms with Gasteiger partial charge < -0.3 is 14.4 Å². The van der Waals surface area contributed by atoms with E-state index in [-0.39, 0.29) is 5.91 Å². The molecule has 2 atom stereocenters. The number of imidazole rings is 1. The average Bonchev–Trinajstić information content (AvgIpc) is 2.98. The summed E-state index contributed by atoms with van der Waals surface area (Å²) in [6.07, 6.45) is 3.76. The maximum atomic E-state index is 13.1. The zero-order chi connectivity index (χ0) is 18.3. The van der Waals surface area contributed by atoms with Gasteiger partial charge in [-0.05, 0) is 42.5 Å². The summed E-state index contributed by atoms with van der Waals surface area (Å²) < 4.78 is 1.92. The lowest BCUT2D eigenvalue weighted by Gasteiger charge is -2.24. The summed E-state index contributed by atoms with van der Waals surface area (Å²) in [5.74, 6) is 2.14. The third kappa shape index (κ3) is 3.51. The normalized spacial score (nSPS) is 24.5. The van der Waals surface area contributed by atoms with E-state index in [0.717, 1.165) is 30.6 Å². The molecule has 2 fully saturated rings. The second kappa shape index (κ2) is 7.05. The molecule has 1 aliphatic heterocycles. The minimum atomic E-state index is 0.0375. The number of likely N-dealkylation sites (tertiary alicyclic amines) is 1. The van der Waals surface area contributed by atoms with Gasteiger partial charge in [-0.15, -0.1) is 0 Å². The van der Waals surface area contributed by atoms with Gasteiger partial charge in [0.2, 0.25) is 0 Å². The van der Waals surface area contributed by atoms with Gasteiger partial charge in [0.15, 0.2) is 0 Å². The van der Waals surface area contributed by atoms with E-state index >= 15 is 0 Å². The third-order valence-electron chi connectivity index (χ3n) is 5.80. The van der Waals surface area contributed by atoms with Crippen LogP contribution in [0.1, 0.15) is 23.0 Å². The number of hydrogen-bond acceptors (Lipinski definition) is 3. The Labute approximate surface area is 159 Å². The molecule has 1 aliphatic carbocycles. The molecule has 6 heteroatoms. The molecule has 0 radical (unpaired) electrons. The van der Waals surface area contributed by atoms with Gasteiger partial charge in [0, 0.05) is 43.5 Å². The van der Waals surface area contributed by atoms with E-state index in [1.54, 1.807) is 18.5 Å². The van der Waals surface area contributed by atoms with E-state index in [4.69, 9.17) is 11.6 Å². The van der Waals surface area contributed by atoms with Crippen molar-refractivity contribution in [3.63, 3.8) is 0 Å². The molecule has 1 aromatic heterocycles. The van der Waals surface area contributed by atoms with Crippen LogP contribution in [0.2, 0.25) is 5.02 Å². The fraction of sp³-hybridized carbons (Fsp3) is 0.500. The lowest BCUT2D eigenvalue weighted by atomic mass is 10.1. The van der Waals surface area contributed by atoms with Crippen LogP contribution in [0.3, 0.4) is 0 Å². The number of hydrogen-bond donors (Lipinski definition) is 0. The van der Waals surface area contributed by atoms with Crippen LogP contribution in [-0.2, 0) is 13.6 Å². The molecule has 0 bridgehead atoms. The van der Waals surface area contributed by atoms with Crippen molar-refractivity contribution < 1.29 is 4.79 Å². The Morgan fingerprint density at radius 2 is 2.12 bits per heavy atom. The van der Waals surface area contributed by atoms with Crippen molar-refractivity contribution in [1.82, 2.24) is 19.4 Å². The van der Waals surface area contributed by atoms with E-state index in [9.17, 15) is 4.79 Å². The van der Waals surface area contributed by atoms with Crippen LogP contribution < -0.4 is 0 Å². The van der Waals surface area contributed by atoms with Crippen molar-refractivity contribution in [2.75, 3.05) is 26.2 Å². The van der Waals surface area contributed by atoms with Crippen LogP contribution in [0.25, 0.3) is 0 Å². The molecule has 138 valence electrons. The SMILES string of the molecule is CCN1CC2C(C1)C2CN(Cc1cn(C)cn1)C(=O)c1cccc(Cl)c1. The van der Waals surface area contributed by atoms with Crippen molar-refractivity contribution in [1.29, 1.82) is 0 Å². The highest BCUT2D eigenvalue weighted by Gasteiger charge is 2.55. The van der Waals surface area contributed by atoms with Gasteiger partial charge in [-0.3, -0.25) is 4.79 Å². The van der Waals surface area contributed by atoms with Crippen molar-refractivity contribution in [3.8, 4) is 0 Å². The summed E-state index contributed by atoms with van der Waals surface area (Å²) in [6.45, 7) is 7.03. The largest absolute Gasteiger partial charge is 0.340 e. The lowest BCUT2D eigenvalue weighted by Crippen LogP contribution is -2.35. The number of fused-ring (bicyclic) bond motifs is 1. The second-order valence-electron chi connectivity index (χ2n) is 7.57. The highest BCUT2D eigenvalue weighted by Crippen LogP contribution is 2.52. The predicted octanol–water partition coefficient (Wildman–Crippen LogP) is 2.91. The Kier molecular flexibility index (Phi) is 4.76. The fourth-order valence-corrected chi connectivity index (χ4v) is 4.48. The van der Waals surface area contributed by atoms with Crippen LogP contribution in [0.15, 0.2) is 36.8 Å². The number of benzene rings is 1. The molecule has 26 heavy (non-hydrogen) atoms. The van der Waals surface area contributed by atoms with Gasteiger partial charge in [-0.25, -0.2) is 4.98 Å². The standard InChI is InChI=1S/C20H25ClN4O/c1-3-24-10-17-18(11-24)19(17)12-25(9-16-8-23(2)13-22-16)20(26)14-5-4-6-15(21)7-14/h4-8,13,17-19H,3,9-12H2,1-2H3. The molecule has 1 aromatic carbocycles. The zero-order valence-corrected chi connectivity index (χ0v) is 16.1. The molecular formula is C20H25ClN4O. The Bertz CT molecular complexity index is 793. The quantitative estimate of drug-likeness (QED) is 0.782. The average molecular weight is 373 g/mol. The number of carbonyl (C=O) groups is 1. The minimum Gasteiger partial charge on any atom is -0.340 e. The van der Waals surface area contributed by atoms with Crippen LogP contribution in [0.5, 0.6) is 0 Å². The number of nitrogens with zero attached hydrogens (tertiary/aromatic N) is 4. The van der Waals surface area contributed by atoms with Crippen molar-refractivity contribution in [2.24, 2.45) is 24.8 Å². The molecule has 1 saturated carbocycles. The maximum absolute atomic E-state index is 13.1. The number of carbonyl (C=O) groups excluding carboxylic acids is 1. The van der Waals surface area contributed by atoms with Gasteiger partial charge in [0.1, 0.15) is 0 Å². The number of piperidine rings is 1. The monoisotopic (exact) mass is 372 g/mol. The molecule has 2 aliphatic rings. The number of halogens is 1. The van der Waals surface area contributed by atoms with E-state index in [1.807, 2.05) is 34.8 Å². The first-order valence-electron chi connectivity index (χ1n) is 9.29. The molecule has 5 nitrogen and oxygen atoms in total. The summed E-state index contributed by atoms with van der Waals surface area (Å²) >= 11 is 6.09. The summed E-state index contributed by atoms with van der Waals surface area (Å²) in [7, 11) is 1.95. The molecule has 4 rings (SSSR count). The van der Waals surface area contributed by atoms with E-state index in [0.29, 0.717) is 23.0 Å². The third-order valence-corrected chi connectivity index (χ3v) is 6.03. The molecule has 1 saturated heterocycles. The van der Waals surface area contributed by atoms with Crippen LogP contribution in [0, 0.1) is 17.8 Å². The molecule has 2 aromatic rings.